The van der Waals surface area contributed by atoms with Gasteiger partial charge in [-0.3, -0.25) is 0 Å². The fraction of sp³-hybridized carbons (Fsp3) is 0.444. The maximum absolute atomic E-state index is 11.6. The van der Waals surface area contributed by atoms with E-state index >= 15 is 0 Å². The van der Waals surface area contributed by atoms with Gasteiger partial charge in [0.2, 0.25) is 10.0 Å². The van der Waals surface area contributed by atoms with Crippen molar-refractivity contribution in [2.45, 2.75) is 13.0 Å². The number of halogens is 2. The van der Waals surface area contributed by atoms with Gasteiger partial charge in [0.05, 0.1) is 5.75 Å². The maximum atomic E-state index is 11.6. The van der Waals surface area contributed by atoms with Crippen LogP contribution in [0.25, 0.3) is 0 Å². The van der Waals surface area contributed by atoms with Crippen LogP contribution in [0.3, 0.4) is 0 Å². The second-order valence-electron chi connectivity index (χ2n) is 3.60. The molecule has 1 fully saturated rings. The molecular weight excluding hydrogens is 271 g/mol. The Labute approximate surface area is 104 Å². The Morgan fingerprint density at radius 2 is 2.19 bits per heavy atom. The van der Waals surface area contributed by atoms with Crippen LogP contribution in [0.2, 0.25) is 10.2 Å². The second kappa shape index (κ2) is 4.49. The Kier molecular flexibility index (Phi) is 3.39. The monoisotopic (exact) mass is 280 g/mol. The van der Waals surface area contributed by atoms with E-state index in [1.807, 2.05) is 0 Å². The van der Waals surface area contributed by atoms with Crippen molar-refractivity contribution in [3.8, 4) is 0 Å². The van der Waals surface area contributed by atoms with Crippen LogP contribution in [0.1, 0.15) is 12.0 Å². The van der Waals surface area contributed by atoms with Gasteiger partial charge in [-0.05, 0) is 12.5 Å². The van der Waals surface area contributed by atoms with E-state index in [1.54, 1.807) is 0 Å². The number of sulfonamides is 1. The van der Waals surface area contributed by atoms with E-state index in [1.165, 1.54) is 16.6 Å². The molecule has 0 aliphatic carbocycles. The van der Waals surface area contributed by atoms with E-state index in [0.717, 1.165) is 0 Å². The summed E-state index contributed by atoms with van der Waals surface area (Å²) in [5.74, 6) is 0.214. The topological polar surface area (TPSA) is 50.3 Å². The van der Waals surface area contributed by atoms with Crippen LogP contribution in [0, 0.1) is 0 Å². The Balaban J connectivity index is 2.21. The lowest BCUT2D eigenvalue weighted by molar-refractivity contribution is 0.439. The van der Waals surface area contributed by atoms with Gasteiger partial charge in [-0.15, -0.1) is 0 Å². The van der Waals surface area contributed by atoms with Gasteiger partial charge in [-0.1, -0.05) is 23.2 Å². The van der Waals surface area contributed by atoms with Crippen LogP contribution in [-0.4, -0.2) is 30.0 Å². The van der Waals surface area contributed by atoms with Crippen LogP contribution in [-0.2, 0) is 16.6 Å². The molecular formula is C9H10Cl2N2O2S. The van der Waals surface area contributed by atoms with Crippen molar-refractivity contribution in [1.82, 2.24) is 9.29 Å². The lowest BCUT2D eigenvalue weighted by atomic mass is 10.3. The highest BCUT2D eigenvalue weighted by Crippen LogP contribution is 2.23. The van der Waals surface area contributed by atoms with Gasteiger partial charge in [0, 0.05) is 29.9 Å². The molecule has 2 heterocycles. The molecule has 0 saturated carbocycles. The third-order valence-corrected chi connectivity index (χ3v) is 4.91. The minimum Gasteiger partial charge on any atom is -0.244 e. The molecule has 1 aliphatic rings. The van der Waals surface area contributed by atoms with Gasteiger partial charge < -0.3 is 0 Å². The quantitative estimate of drug-likeness (QED) is 0.778. The van der Waals surface area contributed by atoms with Gasteiger partial charge in [-0.2, -0.15) is 4.31 Å². The molecule has 2 rings (SSSR count). The summed E-state index contributed by atoms with van der Waals surface area (Å²) in [5.41, 5.74) is 0.677. The number of hydrogen-bond acceptors (Lipinski definition) is 3. The van der Waals surface area contributed by atoms with Gasteiger partial charge >= 0.3 is 0 Å². The summed E-state index contributed by atoms with van der Waals surface area (Å²) in [7, 11) is -3.10. The Morgan fingerprint density at radius 1 is 1.44 bits per heavy atom. The summed E-state index contributed by atoms with van der Waals surface area (Å²) in [6, 6.07) is 1.52. The first-order chi connectivity index (χ1) is 7.49. The van der Waals surface area contributed by atoms with E-state index < -0.39 is 10.0 Å². The van der Waals surface area contributed by atoms with E-state index in [-0.39, 0.29) is 12.3 Å². The standard InChI is InChI=1S/C9H10Cl2N2O2S/c10-8-4-9(11)12-5-7(8)6-13-2-1-3-16(13,14)15/h4-5H,1-3,6H2. The number of hydrogen-bond donors (Lipinski definition) is 0. The van der Waals surface area contributed by atoms with Crippen molar-refractivity contribution in [2.24, 2.45) is 0 Å². The van der Waals surface area contributed by atoms with Gasteiger partial charge in [0.1, 0.15) is 5.15 Å². The predicted octanol–water partition coefficient (Wildman–Crippen LogP) is 1.92. The third kappa shape index (κ3) is 2.48. The summed E-state index contributed by atoms with van der Waals surface area (Å²) in [5, 5.41) is 0.750. The smallest absolute Gasteiger partial charge is 0.214 e. The zero-order valence-corrected chi connectivity index (χ0v) is 10.7. The van der Waals surface area contributed by atoms with Gasteiger partial charge in [-0.25, -0.2) is 13.4 Å². The zero-order chi connectivity index (χ0) is 11.8. The van der Waals surface area contributed by atoms with Crippen molar-refractivity contribution in [2.75, 3.05) is 12.3 Å². The first-order valence-corrected chi connectivity index (χ1v) is 7.13. The average Bonchev–Trinajstić information content (AvgIpc) is 2.50. The van der Waals surface area contributed by atoms with E-state index in [0.29, 0.717) is 28.7 Å². The molecule has 0 spiro atoms. The van der Waals surface area contributed by atoms with E-state index in [2.05, 4.69) is 4.98 Å². The van der Waals surface area contributed by atoms with Gasteiger partial charge in [0.15, 0.2) is 0 Å². The molecule has 0 N–H and O–H groups in total. The first-order valence-electron chi connectivity index (χ1n) is 4.77. The molecule has 4 nitrogen and oxygen atoms in total. The van der Waals surface area contributed by atoms with Crippen LogP contribution in [0.4, 0.5) is 0 Å². The Morgan fingerprint density at radius 3 is 2.75 bits per heavy atom. The molecule has 0 bridgehead atoms. The third-order valence-electron chi connectivity index (χ3n) is 2.45. The normalized spacial score (nSPS) is 20.1. The molecule has 16 heavy (non-hydrogen) atoms. The van der Waals surface area contributed by atoms with Crippen LogP contribution >= 0.6 is 23.2 Å². The molecule has 1 aromatic heterocycles. The minimum atomic E-state index is -3.10. The molecule has 0 amide bonds. The molecule has 1 saturated heterocycles. The lowest BCUT2D eigenvalue weighted by Crippen LogP contribution is -2.25. The number of pyridine rings is 1. The van der Waals surface area contributed by atoms with Crippen molar-refractivity contribution >= 4 is 33.2 Å². The van der Waals surface area contributed by atoms with Crippen molar-refractivity contribution in [3.05, 3.63) is 28.0 Å². The summed E-state index contributed by atoms with van der Waals surface area (Å²) < 4.78 is 24.6. The Bertz CT molecular complexity index is 504. The summed E-state index contributed by atoms with van der Waals surface area (Å²) in [6.45, 7) is 0.812. The average molecular weight is 281 g/mol. The first kappa shape index (κ1) is 12.1. The van der Waals surface area contributed by atoms with Crippen LogP contribution < -0.4 is 0 Å². The SMILES string of the molecule is O=S1(=O)CCCN1Cc1cnc(Cl)cc1Cl. The highest BCUT2D eigenvalue weighted by molar-refractivity contribution is 7.89. The summed E-state index contributed by atoms with van der Waals surface area (Å²) in [4.78, 5) is 3.89. The van der Waals surface area contributed by atoms with Crippen molar-refractivity contribution in [1.29, 1.82) is 0 Å². The fourth-order valence-corrected chi connectivity index (χ4v) is 3.53. The molecule has 88 valence electrons. The molecule has 1 aliphatic heterocycles. The molecule has 1 aromatic rings. The van der Waals surface area contributed by atoms with Crippen molar-refractivity contribution in [3.63, 3.8) is 0 Å². The predicted molar refractivity (Wildman–Crippen MR) is 63.1 cm³/mol. The molecule has 7 heteroatoms. The number of nitrogens with zero attached hydrogens (tertiary/aromatic N) is 2. The van der Waals surface area contributed by atoms with Crippen molar-refractivity contribution < 1.29 is 8.42 Å². The number of aromatic nitrogens is 1. The fourth-order valence-electron chi connectivity index (χ4n) is 1.61. The highest BCUT2D eigenvalue weighted by atomic mass is 35.5. The highest BCUT2D eigenvalue weighted by Gasteiger charge is 2.28. The summed E-state index contributed by atoms with van der Waals surface area (Å²) in [6.07, 6.45) is 2.18. The summed E-state index contributed by atoms with van der Waals surface area (Å²) >= 11 is 11.6. The second-order valence-corrected chi connectivity index (χ2v) is 6.48. The Hall–Kier alpha value is -0.360. The van der Waals surface area contributed by atoms with E-state index in [9.17, 15) is 8.42 Å². The zero-order valence-electron chi connectivity index (χ0n) is 8.36. The van der Waals surface area contributed by atoms with Crippen LogP contribution in [0.15, 0.2) is 12.3 Å². The largest absolute Gasteiger partial charge is 0.244 e. The number of rotatable bonds is 2. The lowest BCUT2D eigenvalue weighted by Gasteiger charge is -2.14. The molecule has 0 radical (unpaired) electrons. The van der Waals surface area contributed by atoms with Gasteiger partial charge in [0.25, 0.3) is 0 Å². The molecule has 0 atom stereocenters. The molecule has 0 aromatic carbocycles. The van der Waals surface area contributed by atoms with E-state index in [4.69, 9.17) is 23.2 Å². The maximum Gasteiger partial charge on any atom is 0.214 e. The molecule has 0 unspecified atom stereocenters. The minimum absolute atomic E-state index is 0.214. The van der Waals surface area contributed by atoms with Crippen LogP contribution in [0.5, 0.6) is 0 Å².